The third-order valence-corrected chi connectivity index (χ3v) is 4.03. The van der Waals surface area contributed by atoms with E-state index in [1.165, 1.54) is 0 Å². The molecule has 0 saturated heterocycles. The molecule has 25 heavy (non-hydrogen) atoms. The maximum absolute atomic E-state index is 12.2. The van der Waals surface area contributed by atoms with Crippen LogP contribution in [0.4, 0.5) is 0 Å². The lowest BCUT2D eigenvalue weighted by Crippen LogP contribution is -2.30. The summed E-state index contributed by atoms with van der Waals surface area (Å²) in [6.07, 6.45) is 0. The van der Waals surface area contributed by atoms with E-state index in [2.05, 4.69) is 10.3 Å². The van der Waals surface area contributed by atoms with Crippen molar-refractivity contribution in [1.29, 1.82) is 0 Å². The maximum atomic E-state index is 12.2. The minimum Gasteiger partial charge on any atom is -0.484 e. The molecule has 0 aliphatic rings. The second-order valence-corrected chi connectivity index (χ2v) is 6.04. The van der Waals surface area contributed by atoms with Crippen molar-refractivity contribution in [2.45, 2.75) is 20.4 Å². The maximum Gasteiger partial charge on any atom is 0.258 e. The Morgan fingerprint density at radius 2 is 1.88 bits per heavy atom. The van der Waals surface area contributed by atoms with Crippen LogP contribution in [0.5, 0.6) is 5.75 Å². The smallest absolute Gasteiger partial charge is 0.258 e. The van der Waals surface area contributed by atoms with Gasteiger partial charge in [-0.2, -0.15) is 0 Å². The molecule has 2 aromatic carbocycles. The molecule has 0 saturated carbocycles. The number of para-hydroxylation sites is 1. The molecule has 0 aliphatic carbocycles. The summed E-state index contributed by atoms with van der Waals surface area (Å²) in [4.78, 5) is 27.0. The largest absolute Gasteiger partial charge is 0.484 e. The minimum atomic E-state index is -0.274. The third kappa shape index (κ3) is 4.07. The molecule has 5 heteroatoms. The van der Waals surface area contributed by atoms with E-state index >= 15 is 0 Å². The Morgan fingerprint density at radius 1 is 1.12 bits per heavy atom. The Morgan fingerprint density at radius 3 is 2.64 bits per heavy atom. The van der Waals surface area contributed by atoms with Crippen molar-refractivity contribution in [2.24, 2.45) is 0 Å². The highest BCUT2D eigenvalue weighted by molar-refractivity contribution is 5.82. The van der Waals surface area contributed by atoms with E-state index in [0.29, 0.717) is 11.3 Å². The number of hydrogen-bond acceptors (Lipinski definition) is 3. The van der Waals surface area contributed by atoms with Crippen LogP contribution in [0.1, 0.15) is 16.7 Å². The summed E-state index contributed by atoms with van der Waals surface area (Å²) in [6, 6.07) is 15.1. The highest BCUT2D eigenvalue weighted by Crippen LogP contribution is 2.15. The zero-order chi connectivity index (χ0) is 17.8. The summed E-state index contributed by atoms with van der Waals surface area (Å²) in [5.74, 6) is 0.365. The molecule has 3 rings (SSSR count). The third-order valence-electron chi connectivity index (χ3n) is 4.03. The van der Waals surface area contributed by atoms with Crippen LogP contribution in [-0.4, -0.2) is 17.5 Å². The van der Waals surface area contributed by atoms with Crippen molar-refractivity contribution >= 4 is 16.8 Å². The number of amides is 1. The van der Waals surface area contributed by atoms with Crippen LogP contribution in [0, 0.1) is 13.8 Å². The molecule has 0 aliphatic heterocycles. The number of pyridine rings is 1. The lowest BCUT2D eigenvalue weighted by Gasteiger charge is -2.09. The van der Waals surface area contributed by atoms with Gasteiger partial charge in [-0.05, 0) is 43.0 Å². The molecule has 0 radical (unpaired) electrons. The van der Waals surface area contributed by atoms with E-state index in [0.717, 1.165) is 22.0 Å². The lowest BCUT2D eigenvalue weighted by atomic mass is 10.1. The summed E-state index contributed by atoms with van der Waals surface area (Å²) in [6.45, 7) is 4.00. The fraction of sp³-hybridized carbons (Fsp3) is 0.200. The van der Waals surface area contributed by atoms with Crippen LogP contribution >= 0.6 is 0 Å². The molecule has 128 valence electrons. The van der Waals surface area contributed by atoms with Crippen LogP contribution in [0.15, 0.2) is 53.3 Å². The number of rotatable bonds is 5. The fourth-order valence-electron chi connectivity index (χ4n) is 2.59. The van der Waals surface area contributed by atoms with Crippen molar-refractivity contribution in [3.05, 3.63) is 75.6 Å². The summed E-state index contributed by atoms with van der Waals surface area (Å²) < 4.78 is 5.43. The van der Waals surface area contributed by atoms with E-state index < -0.39 is 0 Å². The molecule has 0 bridgehead atoms. The molecule has 0 spiro atoms. The monoisotopic (exact) mass is 336 g/mol. The SMILES string of the molecule is Cc1ccc(OCC(=O)NCc2cc3cccc(C)c3[nH]c2=O)cc1. The van der Waals surface area contributed by atoms with Gasteiger partial charge in [0.1, 0.15) is 5.75 Å². The summed E-state index contributed by atoms with van der Waals surface area (Å²) in [5, 5.41) is 3.66. The van der Waals surface area contributed by atoms with E-state index in [1.807, 2.05) is 62.4 Å². The molecule has 0 atom stereocenters. The molecule has 2 N–H and O–H groups in total. The molecule has 1 aromatic heterocycles. The van der Waals surface area contributed by atoms with Gasteiger partial charge in [-0.15, -0.1) is 0 Å². The molecule has 1 amide bonds. The summed E-state index contributed by atoms with van der Waals surface area (Å²) in [7, 11) is 0. The Labute approximate surface area is 145 Å². The molecule has 1 heterocycles. The summed E-state index contributed by atoms with van der Waals surface area (Å²) in [5.41, 5.74) is 3.29. The molecule has 3 aromatic rings. The van der Waals surface area contributed by atoms with Gasteiger partial charge in [-0.1, -0.05) is 35.9 Å². The van der Waals surface area contributed by atoms with E-state index in [-0.39, 0.29) is 24.6 Å². The average Bonchev–Trinajstić information content (AvgIpc) is 2.60. The minimum absolute atomic E-state index is 0.0896. The van der Waals surface area contributed by atoms with Crippen molar-refractivity contribution < 1.29 is 9.53 Å². The standard InChI is InChI=1S/C20H20N2O3/c1-13-6-8-17(9-7-13)25-12-18(23)21-11-16-10-15-5-3-4-14(2)19(15)22-20(16)24/h3-10H,11-12H2,1-2H3,(H,21,23)(H,22,24). The number of fused-ring (bicyclic) bond motifs is 1. The van der Waals surface area contributed by atoms with E-state index in [4.69, 9.17) is 4.74 Å². The Kier molecular flexibility index (Phi) is 4.84. The predicted molar refractivity (Wildman–Crippen MR) is 97.8 cm³/mol. The van der Waals surface area contributed by atoms with Gasteiger partial charge < -0.3 is 15.0 Å². The predicted octanol–water partition coefficient (Wildman–Crippen LogP) is 2.84. The highest BCUT2D eigenvalue weighted by Gasteiger charge is 2.07. The first-order valence-electron chi connectivity index (χ1n) is 8.10. The molecule has 5 nitrogen and oxygen atoms in total. The molecule has 0 unspecified atom stereocenters. The number of aromatic amines is 1. The van der Waals surface area contributed by atoms with Gasteiger partial charge in [0.2, 0.25) is 0 Å². The topological polar surface area (TPSA) is 71.2 Å². The van der Waals surface area contributed by atoms with Gasteiger partial charge in [0.15, 0.2) is 6.61 Å². The second kappa shape index (κ2) is 7.21. The Bertz CT molecular complexity index is 959. The second-order valence-electron chi connectivity index (χ2n) is 6.04. The van der Waals surface area contributed by atoms with Crippen LogP contribution < -0.4 is 15.6 Å². The van der Waals surface area contributed by atoms with Gasteiger partial charge in [-0.25, -0.2) is 0 Å². The number of hydrogen-bond donors (Lipinski definition) is 2. The van der Waals surface area contributed by atoms with E-state index in [1.54, 1.807) is 0 Å². The zero-order valence-electron chi connectivity index (χ0n) is 14.3. The Balaban J connectivity index is 1.62. The van der Waals surface area contributed by atoms with Crippen molar-refractivity contribution in [2.75, 3.05) is 6.61 Å². The van der Waals surface area contributed by atoms with Crippen LogP contribution in [0.25, 0.3) is 10.9 Å². The number of carbonyl (C=O) groups excluding carboxylic acids is 1. The van der Waals surface area contributed by atoms with Gasteiger partial charge in [0.25, 0.3) is 11.5 Å². The number of ether oxygens (including phenoxy) is 1. The van der Waals surface area contributed by atoms with Gasteiger partial charge >= 0.3 is 0 Å². The molecular weight excluding hydrogens is 316 g/mol. The number of aromatic nitrogens is 1. The number of aryl methyl sites for hydroxylation is 2. The zero-order valence-corrected chi connectivity index (χ0v) is 14.3. The quantitative estimate of drug-likeness (QED) is 0.752. The van der Waals surface area contributed by atoms with Crippen LogP contribution in [0.3, 0.4) is 0 Å². The van der Waals surface area contributed by atoms with Crippen molar-refractivity contribution in [3.8, 4) is 5.75 Å². The average molecular weight is 336 g/mol. The van der Waals surface area contributed by atoms with Crippen LogP contribution in [0.2, 0.25) is 0 Å². The van der Waals surface area contributed by atoms with Crippen molar-refractivity contribution in [3.63, 3.8) is 0 Å². The lowest BCUT2D eigenvalue weighted by molar-refractivity contribution is -0.123. The molecular formula is C20H20N2O3. The van der Waals surface area contributed by atoms with E-state index in [9.17, 15) is 9.59 Å². The number of H-pyrrole nitrogens is 1. The van der Waals surface area contributed by atoms with Crippen LogP contribution in [-0.2, 0) is 11.3 Å². The fourth-order valence-corrected chi connectivity index (χ4v) is 2.59. The first-order chi connectivity index (χ1) is 12.0. The summed E-state index contributed by atoms with van der Waals surface area (Å²) >= 11 is 0. The van der Waals surface area contributed by atoms with Gasteiger partial charge in [-0.3, -0.25) is 9.59 Å². The van der Waals surface area contributed by atoms with Gasteiger partial charge in [0, 0.05) is 12.1 Å². The Hall–Kier alpha value is -3.08. The van der Waals surface area contributed by atoms with Crippen molar-refractivity contribution in [1.82, 2.24) is 10.3 Å². The molecule has 0 fully saturated rings. The number of carbonyl (C=O) groups is 1. The first kappa shape index (κ1) is 16.8. The van der Waals surface area contributed by atoms with Gasteiger partial charge in [0.05, 0.1) is 5.52 Å². The highest BCUT2D eigenvalue weighted by atomic mass is 16.5. The normalized spacial score (nSPS) is 10.6. The number of nitrogens with one attached hydrogen (secondary N) is 2. The number of benzene rings is 2. The first-order valence-corrected chi connectivity index (χ1v) is 8.10.